The van der Waals surface area contributed by atoms with E-state index in [-0.39, 0.29) is 0 Å². The first-order valence-corrected chi connectivity index (χ1v) is 9.88. The molecule has 2 N–H and O–H groups in total. The van der Waals surface area contributed by atoms with Gasteiger partial charge in [-0.3, -0.25) is 4.90 Å². The van der Waals surface area contributed by atoms with Gasteiger partial charge in [-0.25, -0.2) is 0 Å². The Morgan fingerprint density at radius 1 is 0.962 bits per heavy atom. The maximum absolute atomic E-state index is 5.46. The third-order valence-electron chi connectivity index (χ3n) is 4.68. The van der Waals surface area contributed by atoms with E-state index in [0.717, 1.165) is 31.9 Å². The van der Waals surface area contributed by atoms with Crippen molar-refractivity contribution >= 4 is 23.0 Å². The van der Waals surface area contributed by atoms with E-state index in [1.807, 2.05) is 0 Å². The molecule has 0 amide bonds. The SMILES string of the molecule is CCN(CC)Cc1ccccc1CNC(=S)Nc1ccc(C(C)C)cc1. The smallest absolute Gasteiger partial charge is 0.171 e. The van der Waals surface area contributed by atoms with Gasteiger partial charge in [-0.05, 0) is 60.0 Å². The molecular formula is C22H31N3S. The van der Waals surface area contributed by atoms with Crippen molar-refractivity contribution in [2.24, 2.45) is 0 Å². The molecule has 140 valence electrons. The molecule has 0 aliphatic rings. The van der Waals surface area contributed by atoms with Crippen LogP contribution < -0.4 is 10.6 Å². The fourth-order valence-electron chi connectivity index (χ4n) is 2.87. The molecule has 0 fully saturated rings. The molecule has 0 spiro atoms. The van der Waals surface area contributed by atoms with E-state index < -0.39 is 0 Å². The molecule has 0 radical (unpaired) electrons. The van der Waals surface area contributed by atoms with Crippen molar-refractivity contribution in [3.8, 4) is 0 Å². The lowest BCUT2D eigenvalue weighted by molar-refractivity contribution is 0.295. The molecule has 3 nitrogen and oxygen atoms in total. The fourth-order valence-corrected chi connectivity index (χ4v) is 3.06. The number of nitrogens with one attached hydrogen (secondary N) is 2. The van der Waals surface area contributed by atoms with Crippen molar-refractivity contribution in [1.29, 1.82) is 0 Å². The molecule has 4 heteroatoms. The monoisotopic (exact) mass is 369 g/mol. The number of thiocarbonyl (C=S) groups is 1. The molecule has 0 saturated heterocycles. The lowest BCUT2D eigenvalue weighted by atomic mass is 10.0. The van der Waals surface area contributed by atoms with Crippen LogP contribution in [0.4, 0.5) is 5.69 Å². The van der Waals surface area contributed by atoms with Gasteiger partial charge in [-0.2, -0.15) is 0 Å². The Morgan fingerprint density at radius 3 is 2.15 bits per heavy atom. The van der Waals surface area contributed by atoms with Gasteiger partial charge in [0.25, 0.3) is 0 Å². The lowest BCUT2D eigenvalue weighted by Crippen LogP contribution is -2.29. The third-order valence-corrected chi connectivity index (χ3v) is 4.93. The summed E-state index contributed by atoms with van der Waals surface area (Å²) in [7, 11) is 0. The normalized spacial score (nSPS) is 11.0. The summed E-state index contributed by atoms with van der Waals surface area (Å²) in [5, 5.41) is 7.26. The first kappa shape index (κ1) is 20.4. The van der Waals surface area contributed by atoms with Crippen LogP contribution in [0.5, 0.6) is 0 Å². The summed E-state index contributed by atoms with van der Waals surface area (Å²) < 4.78 is 0. The Bertz CT molecular complexity index is 691. The van der Waals surface area contributed by atoms with Crippen LogP contribution in [-0.4, -0.2) is 23.1 Å². The largest absolute Gasteiger partial charge is 0.358 e. The second-order valence-electron chi connectivity index (χ2n) is 6.81. The summed E-state index contributed by atoms with van der Waals surface area (Å²) in [4.78, 5) is 2.42. The molecule has 2 aromatic rings. The van der Waals surface area contributed by atoms with Crippen LogP contribution >= 0.6 is 12.2 Å². The maximum Gasteiger partial charge on any atom is 0.171 e. The van der Waals surface area contributed by atoms with Gasteiger partial charge < -0.3 is 10.6 Å². The van der Waals surface area contributed by atoms with E-state index >= 15 is 0 Å². The van der Waals surface area contributed by atoms with Gasteiger partial charge in [0.2, 0.25) is 0 Å². The van der Waals surface area contributed by atoms with Crippen LogP contribution in [-0.2, 0) is 13.1 Å². The van der Waals surface area contributed by atoms with Crippen LogP contribution in [0.25, 0.3) is 0 Å². The van der Waals surface area contributed by atoms with Crippen LogP contribution in [0.15, 0.2) is 48.5 Å². The van der Waals surface area contributed by atoms with E-state index in [4.69, 9.17) is 12.2 Å². The number of hydrogen-bond acceptors (Lipinski definition) is 2. The Balaban J connectivity index is 1.92. The minimum Gasteiger partial charge on any atom is -0.358 e. The second-order valence-corrected chi connectivity index (χ2v) is 7.22. The molecular weight excluding hydrogens is 338 g/mol. The minimum absolute atomic E-state index is 0.538. The van der Waals surface area contributed by atoms with Gasteiger partial charge in [0, 0.05) is 18.8 Å². The quantitative estimate of drug-likeness (QED) is 0.630. The Hall–Kier alpha value is -1.91. The van der Waals surface area contributed by atoms with E-state index in [2.05, 4.69) is 91.8 Å². The Labute approximate surface area is 163 Å². The van der Waals surface area contributed by atoms with Crippen LogP contribution in [0.1, 0.15) is 50.3 Å². The summed E-state index contributed by atoms with van der Waals surface area (Å²) in [6.45, 7) is 12.6. The predicted octanol–water partition coefficient (Wildman–Crippen LogP) is 5.14. The van der Waals surface area contributed by atoms with E-state index in [9.17, 15) is 0 Å². The highest BCUT2D eigenvalue weighted by molar-refractivity contribution is 7.80. The van der Waals surface area contributed by atoms with E-state index in [1.165, 1.54) is 16.7 Å². The summed E-state index contributed by atoms with van der Waals surface area (Å²) in [5.74, 6) is 0.538. The summed E-state index contributed by atoms with van der Waals surface area (Å²) in [6, 6.07) is 17.0. The van der Waals surface area contributed by atoms with Gasteiger partial charge >= 0.3 is 0 Å². The van der Waals surface area contributed by atoms with Crippen molar-refractivity contribution < 1.29 is 0 Å². The molecule has 0 unspecified atom stereocenters. The van der Waals surface area contributed by atoms with Gasteiger partial charge in [-0.1, -0.05) is 64.1 Å². The first-order valence-electron chi connectivity index (χ1n) is 9.47. The van der Waals surface area contributed by atoms with Gasteiger partial charge in [0.15, 0.2) is 5.11 Å². The summed E-state index contributed by atoms with van der Waals surface area (Å²) >= 11 is 5.46. The van der Waals surface area contributed by atoms with Crippen molar-refractivity contribution in [2.75, 3.05) is 18.4 Å². The highest BCUT2D eigenvalue weighted by Crippen LogP contribution is 2.17. The second kappa shape index (κ2) is 10.3. The Kier molecular flexibility index (Phi) is 8.07. The highest BCUT2D eigenvalue weighted by Gasteiger charge is 2.07. The van der Waals surface area contributed by atoms with Crippen molar-refractivity contribution in [2.45, 2.75) is 46.7 Å². The average Bonchev–Trinajstić information content (AvgIpc) is 2.65. The molecule has 0 aromatic heterocycles. The van der Waals surface area contributed by atoms with Gasteiger partial charge in [0.1, 0.15) is 0 Å². The molecule has 26 heavy (non-hydrogen) atoms. The molecule has 0 atom stereocenters. The lowest BCUT2D eigenvalue weighted by Gasteiger charge is -2.20. The van der Waals surface area contributed by atoms with Gasteiger partial charge in [-0.15, -0.1) is 0 Å². The molecule has 0 aliphatic heterocycles. The zero-order valence-electron chi connectivity index (χ0n) is 16.4. The number of rotatable bonds is 8. The topological polar surface area (TPSA) is 27.3 Å². The molecule has 2 rings (SSSR count). The molecule has 0 aliphatic carbocycles. The van der Waals surface area contributed by atoms with E-state index in [1.54, 1.807) is 0 Å². The highest BCUT2D eigenvalue weighted by atomic mass is 32.1. The van der Waals surface area contributed by atoms with Crippen LogP contribution in [0.3, 0.4) is 0 Å². The predicted molar refractivity (Wildman–Crippen MR) is 117 cm³/mol. The molecule has 0 bridgehead atoms. The minimum atomic E-state index is 0.538. The standard InChI is InChI=1S/C22H31N3S/c1-5-25(6-2)16-20-10-8-7-9-19(20)15-23-22(26)24-21-13-11-18(12-14-21)17(3)4/h7-14,17H,5-6,15-16H2,1-4H3,(H2,23,24,26). The van der Waals surface area contributed by atoms with Gasteiger partial charge in [0.05, 0.1) is 0 Å². The van der Waals surface area contributed by atoms with Crippen LogP contribution in [0, 0.1) is 0 Å². The maximum atomic E-state index is 5.46. The average molecular weight is 370 g/mol. The summed E-state index contributed by atoms with van der Waals surface area (Å²) in [5.41, 5.74) is 4.99. The number of nitrogens with zero attached hydrogens (tertiary/aromatic N) is 1. The zero-order chi connectivity index (χ0) is 18.9. The third kappa shape index (κ3) is 6.11. The van der Waals surface area contributed by atoms with Crippen molar-refractivity contribution in [3.05, 3.63) is 65.2 Å². The van der Waals surface area contributed by atoms with Crippen LogP contribution in [0.2, 0.25) is 0 Å². The Morgan fingerprint density at radius 2 is 1.58 bits per heavy atom. The number of benzene rings is 2. The first-order chi connectivity index (χ1) is 12.5. The zero-order valence-corrected chi connectivity index (χ0v) is 17.2. The number of hydrogen-bond donors (Lipinski definition) is 2. The molecule has 0 heterocycles. The summed E-state index contributed by atoms with van der Waals surface area (Å²) in [6.07, 6.45) is 0. The van der Waals surface area contributed by atoms with Crippen molar-refractivity contribution in [3.63, 3.8) is 0 Å². The fraction of sp³-hybridized carbons (Fsp3) is 0.409. The molecule has 2 aromatic carbocycles. The molecule has 0 saturated carbocycles. The van der Waals surface area contributed by atoms with Crippen molar-refractivity contribution in [1.82, 2.24) is 10.2 Å². The number of anilines is 1. The van der Waals surface area contributed by atoms with E-state index in [0.29, 0.717) is 11.0 Å².